The third kappa shape index (κ3) is 4.22. The average Bonchev–Trinajstić information content (AvgIpc) is 3.34. The summed E-state index contributed by atoms with van der Waals surface area (Å²) in [6.07, 6.45) is 5.56. The topological polar surface area (TPSA) is 52.6 Å². The van der Waals surface area contributed by atoms with E-state index >= 15 is 0 Å². The fraction of sp³-hybridized carbons (Fsp3) is 0.542. The second-order valence-corrected chi connectivity index (χ2v) is 9.56. The van der Waals surface area contributed by atoms with Crippen molar-refractivity contribution in [1.82, 2.24) is 14.9 Å². The third-order valence-electron chi connectivity index (χ3n) is 6.88. The second kappa shape index (κ2) is 8.65. The van der Waals surface area contributed by atoms with Crippen LogP contribution in [0.2, 0.25) is 5.02 Å². The Morgan fingerprint density at radius 3 is 2.39 bits per heavy atom. The number of anilines is 2. The molecule has 0 radical (unpaired) electrons. The van der Waals surface area contributed by atoms with Gasteiger partial charge in [0.15, 0.2) is 0 Å². The molecule has 164 valence electrons. The number of hydrogen-bond donors (Lipinski definition) is 0. The maximum absolute atomic E-state index is 13.1. The molecule has 0 aliphatic carbocycles. The first-order valence-electron chi connectivity index (χ1n) is 11.5. The molecule has 1 aromatic heterocycles. The van der Waals surface area contributed by atoms with Crippen molar-refractivity contribution in [3.63, 3.8) is 0 Å². The lowest BCUT2D eigenvalue weighted by Gasteiger charge is -2.36. The lowest BCUT2D eigenvalue weighted by Crippen LogP contribution is -2.40. The molecular weight excluding hydrogens is 410 g/mol. The van der Waals surface area contributed by atoms with Crippen LogP contribution in [0.3, 0.4) is 0 Å². The molecule has 1 amide bonds. The van der Waals surface area contributed by atoms with Crippen LogP contribution in [0.1, 0.15) is 54.2 Å². The molecule has 3 aliphatic rings. The van der Waals surface area contributed by atoms with Crippen LogP contribution in [0.4, 0.5) is 11.8 Å². The van der Waals surface area contributed by atoms with Gasteiger partial charge in [-0.1, -0.05) is 18.5 Å². The van der Waals surface area contributed by atoms with E-state index in [2.05, 4.69) is 16.7 Å². The van der Waals surface area contributed by atoms with Gasteiger partial charge in [0.05, 0.1) is 12.2 Å². The number of hydrogen-bond acceptors (Lipinski definition) is 5. The zero-order chi connectivity index (χ0) is 21.4. The van der Waals surface area contributed by atoms with Crippen LogP contribution in [-0.2, 0) is 13.0 Å². The third-order valence-corrected chi connectivity index (χ3v) is 7.13. The molecule has 6 nitrogen and oxygen atoms in total. The molecule has 7 heteroatoms. The maximum Gasteiger partial charge on any atom is 0.254 e. The Kier molecular flexibility index (Phi) is 5.74. The fourth-order valence-corrected chi connectivity index (χ4v) is 5.00. The summed E-state index contributed by atoms with van der Waals surface area (Å²) < 4.78 is 0. The molecule has 3 aliphatic heterocycles. The smallest absolute Gasteiger partial charge is 0.254 e. The monoisotopic (exact) mass is 439 g/mol. The Morgan fingerprint density at radius 1 is 0.968 bits per heavy atom. The number of fused-ring (bicyclic) bond motifs is 1. The highest BCUT2D eigenvalue weighted by atomic mass is 35.5. The van der Waals surface area contributed by atoms with Crippen molar-refractivity contribution >= 4 is 29.3 Å². The molecule has 0 unspecified atom stereocenters. The van der Waals surface area contributed by atoms with Crippen molar-refractivity contribution in [2.24, 2.45) is 5.92 Å². The largest absolute Gasteiger partial charge is 0.356 e. The first-order valence-corrected chi connectivity index (χ1v) is 11.9. The molecule has 5 rings (SSSR count). The van der Waals surface area contributed by atoms with E-state index < -0.39 is 0 Å². The number of halogens is 1. The SMILES string of the molecule is CC1CCN(c2nc(N3CCCC3)nc3c2CN(C(=O)c2ccc(Cl)cc2)CC3)CC1. The lowest BCUT2D eigenvalue weighted by molar-refractivity contribution is 0.0733. The number of amides is 1. The highest BCUT2D eigenvalue weighted by Gasteiger charge is 2.30. The van der Waals surface area contributed by atoms with Gasteiger partial charge in [-0.2, -0.15) is 4.98 Å². The molecule has 31 heavy (non-hydrogen) atoms. The van der Waals surface area contributed by atoms with Crippen molar-refractivity contribution in [2.45, 2.75) is 45.6 Å². The first kappa shape index (κ1) is 20.6. The summed E-state index contributed by atoms with van der Waals surface area (Å²) >= 11 is 6.00. The Balaban J connectivity index is 1.46. The van der Waals surface area contributed by atoms with Crippen molar-refractivity contribution in [2.75, 3.05) is 42.5 Å². The van der Waals surface area contributed by atoms with Gasteiger partial charge in [-0.3, -0.25) is 4.79 Å². The Labute approximate surface area is 189 Å². The molecule has 0 atom stereocenters. The summed E-state index contributed by atoms with van der Waals surface area (Å²) in [5.41, 5.74) is 2.92. The molecule has 4 heterocycles. The molecule has 0 N–H and O–H groups in total. The minimum Gasteiger partial charge on any atom is -0.356 e. The molecule has 0 saturated carbocycles. The van der Waals surface area contributed by atoms with Gasteiger partial charge in [-0.15, -0.1) is 0 Å². The number of rotatable bonds is 3. The van der Waals surface area contributed by atoms with Gasteiger partial charge in [0.25, 0.3) is 5.91 Å². The van der Waals surface area contributed by atoms with Crippen LogP contribution in [-0.4, -0.2) is 53.5 Å². The molecule has 2 fully saturated rings. The average molecular weight is 440 g/mol. The van der Waals surface area contributed by atoms with E-state index in [1.54, 1.807) is 24.3 Å². The minimum atomic E-state index is 0.0455. The minimum absolute atomic E-state index is 0.0455. The second-order valence-electron chi connectivity index (χ2n) is 9.12. The standard InChI is InChI=1S/C24H30ClN5O/c1-17-8-13-28(14-9-17)22-20-16-30(23(31)18-4-6-19(25)7-5-18)15-10-21(20)26-24(27-22)29-11-2-3-12-29/h4-7,17H,2-3,8-16H2,1H3. The normalized spacial score (nSPS) is 19.6. The highest BCUT2D eigenvalue weighted by molar-refractivity contribution is 6.30. The Bertz CT molecular complexity index is 949. The van der Waals surface area contributed by atoms with E-state index in [-0.39, 0.29) is 5.91 Å². The molecule has 2 saturated heterocycles. The zero-order valence-electron chi connectivity index (χ0n) is 18.2. The maximum atomic E-state index is 13.1. The highest BCUT2D eigenvalue weighted by Crippen LogP contribution is 2.32. The van der Waals surface area contributed by atoms with E-state index in [1.807, 2.05) is 4.90 Å². The number of nitrogens with zero attached hydrogens (tertiary/aromatic N) is 5. The van der Waals surface area contributed by atoms with Gasteiger partial charge < -0.3 is 14.7 Å². The van der Waals surface area contributed by atoms with Crippen LogP contribution < -0.4 is 9.80 Å². The summed E-state index contributed by atoms with van der Waals surface area (Å²) in [7, 11) is 0. The van der Waals surface area contributed by atoms with E-state index in [4.69, 9.17) is 21.6 Å². The molecular formula is C24H30ClN5O. The van der Waals surface area contributed by atoms with E-state index in [1.165, 1.54) is 25.7 Å². The fourth-order valence-electron chi connectivity index (χ4n) is 4.87. The summed E-state index contributed by atoms with van der Waals surface area (Å²) in [4.78, 5) is 29.9. The predicted octanol–water partition coefficient (Wildman–Crippen LogP) is 4.17. The number of carbonyl (C=O) groups is 1. The van der Waals surface area contributed by atoms with E-state index in [0.29, 0.717) is 23.7 Å². The van der Waals surface area contributed by atoms with Crippen LogP contribution >= 0.6 is 11.6 Å². The van der Waals surface area contributed by atoms with Crippen molar-refractivity contribution in [3.8, 4) is 0 Å². The first-order chi connectivity index (χ1) is 15.1. The van der Waals surface area contributed by atoms with Gasteiger partial charge in [-0.25, -0.2) is 4.98 Å². The molecule has 0 spiro atoms. The summed E-state index contributed by atoms with van der Waals surface area (Å²) in [6.45, 7) is 7.70. The predicted molar refractivity (Wildman–Crippen MR) is 124 cm³/mol. The van der Waals surface area contributed by atoms with Gasteiger partial charge in [0.1, 0.15) is 5.82 Å². The van der Waals surface area contributed by atoms with Crippen LogP contribution in [0.5, 0.6) is 0 Å². The van der Waals surface area contributed by atoms with Crippen LogP contribution in [0, 0.1) is 5.92 Å². The molecule has 0 bridgehead atoms. The zero-order valence-corrected chi connectivity index (χ0v) is 18.9. The summed E-state index contributed by atoms with van der Waals surface area (Å²) in [6, 6.07) is 7.16. The van der Waals surface area contributed by atoms with Gasteiger partial charge in [0, 0.05) is 55.3 Å². The van der Waals surface area contributed by atoms with Crippen molar-refractivity contribution in [1.29, 1.82) is 0 Å². The number of carbonyl (C=O) groups excluding carboxylic acids is 1. The number of benzene rings is 1. The van der Waals surface area contributed by atoms with Gasteiger partial charge in [0.2, 0.25) is 5.95 Å². The quantitative estimate of drug-likeness (QED) is 0.718. The molecule has 2 aromatic rings. The lowest BCUT2D eigenvalue weighted by atomic mass is 9.98. The van der Waals surface area contributed by atoms with Gasteiger partial charge >= 0.3 is 0 Å². The summed E-state index contributed by atoms with van der Waals surface area (Å²) in [5, 5.41) is 0.644. The van der Waals surface area contributed by atoms with Gasteiger partial charge in [-0.05, 0) is 55.9 Å². The van der Waals surface area contributed by atoms with Crippen LogP contribution in [0.25, 0.3) is 0 Å². The van der Waals surface area contributed by atoms with Crippen LogP contribution in [0.15, 0.2) is 24.3 Å². The Morgan fingerprint density at radius 2 is 1.68 bits per heavy atom. The van der Waals surface area contributed by atoms with Crippen molar-refractivity contribution < 1.29 is 4.79 Å². The summed E-state index contributed by atoms with van der Waals surface area (Å²) in [5.74, 6) is 2.73. The molecule has 1 aromatic carbocycles. The number of aromatic nitrogens is 2. The van der Waals surface area contributed by atoms with Crippen molar-refractivity contribution in [3.05, 3.63) is 46.1 Å². The Hall–Kier alpha value is -2.34. The number of piperidine rings is 1. The van der Waals surface area contributed by atoms with E-state index in [9.17, 15) is 4.79 Å². The van der Waals surface area contributed by atoms with E-state index in [0.717, 1.165) is 61.5 Å².